The number of carbonyl (C=O) groups excluding carboxylic acids is 2. The Bertz CT molecular complexity index is 511. The predicted octanol–water partition coefficient (Wildman–Crippen LogP) is 0.199. The number of nitrogens with two attached hydrogens (primary N) is 2. The van der Waals surface area contributed by atoms with E-state index in [1.165, 1.54) is 0 Å². The van der Waals surface area contributed by atoms with E-state index in [2.05, 4.69) is 18.7 Å². The standard InChI is InChI=1S/C17H30N4O2/c1-12-5-8-20(13(10-12)15(18)22)7-3-9-21-11-17(21,2)6-4-14(21)16(19)23/h12-14H,3-11H2,1-2H3,(H3-,18,19,22,23)/p+1. The Labute approximate surface area is 138 Å². The molecule has 0 spiro atoms. The lowest BCUT2D eigenvalue weighted by Crippen LogP contribution is -2.51. The zero-order valence-electron chi connectivity index (χ0n) is 14.5. The molecule has 3 aliphatic heterocycles. The van der Waals surface area contributed by atoms with Crippen molar-refractivity contribution in [3.8, 4) is 0 Å². The number of hydrogen-bond donors (Lipinski definition) is 2. The molecule has 0 saturated carbocycles. The first-order chi connectivity index (χ1) is 10.8. The first kappa shape index (κ1) is 16.7. The molecule has 3 fully saturated rings. The summed E-state index contributed by atoms with van der Waals surface area (Å²) >= 11 is 0. The van der Waals surface area contributed by atoms with E-state index in [-0.39, 0.29) is 29.4 Å². The van der Waals surface area contributed by atoms with Gasteiger partial charge in [-0.25, -0.2) is 0 Å². The molecule has 3 aliphatic rings. The Balaban J connectivity index is 1.57. The van der Waals surface area contributed by atoms with Gasteiger partial charge in [0.15, 0.2) is 6.04 Å². The van der Waals surface area contributed by atoms with Crippen LogP contribution in [0.1, 0.15) is 46.0 Å². The van der Waals surface area contributed by atoms with Gasteiger partial charge in [-0.2, -0.15) is 0 Å². The molecule has 3 heterocycles. The maximum absolute atomic E-state index is 11.8. The number of nitrogens with zero attached hydrogens (tertiary/aromatic N) is 2. The zero-order chi connectivity index (χ0) is 16.8. The van der Waals surface area contributed by atoms with Crippen LogP contribution in [0, 0.1) is 5.92 Å². The van der Waals surface area contributed by atoms with E-state index in [9.17, 15) is 9.59 Å². The number of amides is 2. The highest BCUT2D eigenvalue weighted by Gasteiger charge is 2.74. The van der Waals surface area contributed by atoms with Gasteiger partial charge in [-0.05, 0) is 32.2 Å². The van der Waals surface area contributed by atoms with Crippen LogP contribution >= 0.6 is 0 Å². The van der Waals surface area contributed by atoms with E-state index in [1.54, 1.807) is 0 Å². The van der Waals surface area contributed by atoms with Crippen molar-refractivity contribution in [1.29, 1.82) is 0 Å². The van der Waals surface area contributed by atoms with Gasteiger partial charge in [0.1, 0.15) is 12.1 Å². The Morgan fingerprint density at radius 1 is 1.26 bits per heavy atom. The monoisotopic (exact) mass is 323 g/mol. The number of hydrogen-bond acceptors (Lipinski definition) is 3. The largest absolute Gasteiger partial charge is 0.368 e. The normalized spacial score (nSPS) is 43.1. The summed E-state index contributed by atoms with van der Waals surface area (Å²) in [7, 11) is 0. The average molecular weight is 323 g/mol. The molecule has 5 atom stereocenters. The number of fused-ring (bicyclic) bond motifs is 1. The topological polar surface area (TPSA) is 89.4 Å². The lowest BCUT2D eigenvalue weighted by molar-refractivity contribution is -0.833. The van der Waals surface area contributed by atoms with Crippen molar-refractivity contribution in [1.82, 2.24) is 4.90 Å². The number of primary amides is 2. The van der Waals surface area contributed by atoms with Crippen LogP contribution in [0.15, 0.2) is 0 Å². The van der Waals surface area contributed by atoms with Gasteiger partial charge in [-0.1, -0.05) is 6.92 Å². The third kappa shape index (κ3) is 2.76. The highest BCUT2D eigenvalue weighted by Crippen LogP contribution is 2.55. The summed E-state index contributed by atoms with van der Waals surface area (Å²) in [5.41, 5.74) is 11.5. The second-order valence-electron chi connectivity index (χ2n) is 8.31. The van der Waals surface area contributed by atoms with Gasteiger partial charge in [0.2, 0.25) is 5.91 Å². The van der Waals surface area contributed by atoms with Gasteiger partial charge in [0, 0.05) is 25.8 Å². The molecular weight excluding hydrogens is 292 g/mol. The molecule has 23 heavy (non-hydrogen) atoms. The summed E-state index contributed by atoms with van der Waals surface area (Å²) in [6.07, 6.45) is 5.03. The molecule has 0 aromatic heterocycles. The van der Waals surface area contributed by atoms with Crippen molar-refractivity contribution in [3.05, 3.63) is 0 Å². The summed E-state index contributed by atoms with van der Waals surface area (Å²) in [5, 5.41) is 0. The average Bonchev–Trinajstić information content (AvgIpc) is 2.95. The van der Waals surface area contributed by atoms with E-state index in [0.29, 0.717) is 5.92 Å². The molecule has 0 radical (unpaired) electrons. The molecule has 0 aromatic rings. The Hall–Kier alpha value is -1.14. The SMILES string of the molecule is CC1CCN(CCC[N+]23CC2(C)CCC3C(N)=O)C(C(N)=O)C1. The number of carbonyl (C=O) groups is 2. The van der Waals surface area contributed by atoms with Crippen molar-refractivity contribution in [2.24, 2.45) is 17.4 Å². The molecular formula is C17H31N4O2+. The van der Waals surface area contributed by atoms with E-state index < -0.39 is 0 Å². The van der Waals surface area contributed by atoms with Crippen molar-refractivity contribution in [2.45, 2.75) is 63.6 Å². The van der Waals surface area contributed by atoms with E-state index in [4.69, 9.17) is 11.5 Å². The quantitative estimate of drug-likeness (QED) is 0.540. The smallest absolute Gasteiger partial charge is 0.275 e. The van der Waals surface area contributed by atoms with Crippen LogP contribution in [0.2, 0.25) is 0 Å². The van der Waals surface area contributed by atoms with Crippen LogP contribution < -0.4 is 11.5 Å². The Kier molecular flexibility index (Phi) is 4.17. The van der Waals surface area contributed by atoms with Gasteiger partial charge in [0.05, 0.1) is 12.6 Å². The third-order valence-corrected chi connectivity index (χ3v) is 6.78. The molecule has 0 aliphatic carbocycles. The summed E-state index contributed by atoms with van der Waals surface area (Å²) in [5.74, 6) is 0.225. The number of quaternary nitrogens is 1. The van der Waals surface area contributed by atoms with Gasteiger partial charge in [-0.15, -0.1) is 0 Å². The third-order valence-electron chi connectivity index (χ3n) is 6.78. The second kappa shape index (κ2) is 5.74. The maximum Gasteiger partial charge on any atom is 0.275 e. The fourth-order valence-electron chi connectivity index (χ4n) is 5.26. The summed E-state index contributed by atoms with van der Waals surface area (Å²) in [4.78, 5) is 25.7. The van der Waals surface area contributed by atoms with Gasteiger partial charge < -0.3 is 11.5 Å². The molecule has 3 saturated heterocycles. The molecule has 6 nitrogen and oxygen atoms in total. The van der Waals surface area contributed by atoms with Gasteiger partial charge in [0.25, 0.3) is 5.91 Å². The number of piperidine rings is 2. The van der Waals surface area contributed by atoms with Crippen LogP contribution in [0.5, 0.6) is 0 Å². The first-order valence-corrected chi connectivity index (χ1v) is 8.99. The molecule has 3 rings (SSSR count). The van der Waals surface area contributed by atoms with Crippen molar-refractivity contribution in [3.63, 3.8) is 0 Å². The van der Waals surface area contributed by atoms with Crippen molar-refractivity contribution >= 4 is 11.8 Å². The summed E-state index contributed by atoms with van der Waals surface area (Å²) in [6.45, 7) is 8.38. The first-order valence-electron chi connectivity index (χ1n) is 8.99. The predicted molar refractivity (Wildman–Crippen MR) is 88.2 cm³/mol. The zero-order valence-corrected chi connectivity index (χ0v) is 14.5. The minimum Gasteiger partial charge on any atom is -0.368 e. The molecule has 2 amide bonds. The Morgan fingerprint density at radius 3 is 2.61 bits per heavy atom. The molecule has 0 aromatic carbocycles. The molecule has 130 valence electrons. The van der Waals surface area contributed by atoms with Crippen LogP contribution in [-0.4, -0.2) is 65.0 Å². The lowest BCUT2D eigenvalue weighted by Gasteiger charge is -2.37. The van der Waals surface area contributed by atoms with E-state index in [0.717, 1.165) is 62.8 Å². The maximum atomic E-state index is 11.8. The van der Waals surface area contributed by atoms with Crippen LogP contribution in [0.3, 0.4) is 0 Å². The van der Waals surface area contributed by atoms with Gasteiger partial charge in [-0.3, -0.25) is 19.0 Å². The lowest BCUT2D eigenvalue weighted by atomic mass is 9.92. The molecule has 4 N–H and O–H groups in total. The van der Waals surface area contributed by atoms with Gasteiger partial charge >= 0.3 is 0 Å². The van der Waals surface area contributed by atoms with E-state index in [1.807, 2.05) is 0 Å². The Morgan fingerprint density at radius 2 is 2.00 bits per heavy atom. The van der Waals surface area contributed by atoms with Crippen LogP contribution in [0.25, 0.3) is 0 Å². The fourth-order valence-corrected chi connectivity index (χ4v) is 5.26. The highest BCUT2D eigenvalue weighted by molar-refractivity contribution is 5.80. The minimum absolute atomic E-state index is 0.00619. The number of likely N-dealkylation sites (tertiary alicyclic amines) is 1. The van der Waals surface area contributed by atoms with E-state index >= 15 is 0 Å². The molecule has 6 heteroatoms. The van der Waals surface area contributed by atoms with Crippen molar-refractivity contribution in [2.75, 3.05) is 26.2 Å². The number of rotatable bonds is 6. The summed E-state index contributed by atoms with van der Waals surface area (Å²) in [6, 6.07) is -0.127. The van der Waals surface area contributed by atoms with Crippen LogP contribution in [0.4, 0.5) is 0 Å². The molecule has 5 unspecified atom stereocenters. The molecule has 0 bridgehead atoms. The minimum atomic E-state index is -0.198. The van der Waals surface area contributed by atoms with Crippen molar-refractivity contribution < 1.29 is 14.1 Å². The summed E-state index contributed by atoms with van der Waals surface area (Å²) < 4.78 is 0.883. The highest BCUT2D eigenvalue weighted by atomic mass is 16.2. The fraction of sp³-hybridized carbons (Fsp3) is 0.882. The second-order valence-corrected chi connectivity index (χ2v) is 8.31. The van der Waals surface area contributed by atoms with Crippen LogP contribution in [-0.2, 0) is 9.59 Å².